The van der Waals surface area contributed by atoms with E-state index < -0.39 is 11.8 Å². The van der Waals surface area contributed by atoms with Crippen LogP contribution in [0.2, 0.25) is 0 Å². The number of nitrogens with zero attached hydrogens (tertiary/aromatic N) is 1. The molecule has 0 saturated heterocycles. The van der Waals surface area contributed by atoms with Gasteiger partial charge in [0.1, 0.15) is 11.5 Å². The van der Waals surface area contributed by atoms with E-state index in [-0.39, 0.29) is 12.2 Å². The number of hydrogen-bond acceptors (Lipinski definition) is 5. The standard InChI is InChI=1S/C27H27N3O5/c1-4-30-17-19(21-9-5-6-10-23(21)30)14-22(27(32)28-16-20-8-7-13-35-20)29-26(31)18-11-12-24(33-2)25(15-18)34-3/h5-15,17H,4,16H2,1-3H3,(H,28,32)(H,29,31)/b22-14-. The van der Waals surface area contributed by atoms with Crippen LogP contribution in [0.15, 0.2) is 77.2 Å². The molecule has 0 unspecified atom stereocenters. The highest BCUT2D eigenvalue weighted by Gasteiger charge is 2.18. The number of amides is 2. The van der Waals surface area contributed by atoms with Crippen LogP contribution in [0.4, 0.5) is 0 Å². The van der Waals surface area contributed by atoms with Crippen LogP contribution in [0.3, 0.4) is 0 Å². The van der Waals surface area contributed by atoms with Crippen molar-refractivity contribution in [1.29, 1.82) is 0 Å². The molecule has 0 saturated carbocycles. The minimum Gasteiger partial charge on any atom is -0.493 e. The SMILES string of the molecule is CCn1cc(/C=C(\NC(=O)c2ccc(OC)c(OC)c2)C(=O)NCc2ccco2)c2ccccc21. The van der Waals surface area contributed by atoms with Crippen molar-refractivity contribution in [3.63, 3.8) is 0 Å². The molecule has 0 aliphatic heterocycles. The largest absolute Gasteiger partial charge is 0.493 e. The molecule has 0 fully saturated rings. The zero-order chi connectivity index (χ0) is 24.8. The Bertz CT molecular complexity index is 1370. The highest BCUT2D eigenvalue weighted by atomic mass is 16.5. The quantitative estimate of drug-likeness (QED) is 0.352. The maximum Gasteiger partial charge on any atom is 0.268 e. The first kappa shape index (κ1) is 23.7. The van der Waals surface area contributed by atoms with Gasteiger partial charge in [-0.05, 0) is 49.4 Å². The number of ether oxygens (including phenoxy) is 2. The number of rotatable bonds is 9. The topological polar surface area (TPSA) is 94.7 Å². The fourth-order valence-electron chi connectivity index (χ4n) is 3.81. The lowest BCUT2D eigenvalue weighted by Gasteiger charge is -2.12. The van der Waals surface area contributed by atoms with E-state index in [4.69, 9.17) is 13.9 Å². The zero-order valence-corrected chi connectivity index (χ0v) is 19.8. The van der Waals surface area contributed by atoms with Crippen molar-refractivity contribution < 1.29 is 23.5 Å². The van der Waals surface area contributed by atoms with Crippen LogP contribution in [0.1, 0.15) is 28.6 Å². The average molecular weight is 474 g/mol. The molecular formula is C27H27N3O5. The number of aromatic nitrogens is 1. The molecule has 2 aromatic heterocycles. The van der Waals surface area contributed by atoms with Crippen molar-refractivity contribution in [2.45, 2.75) is 20.0 Å². The molecule has 4 rings (SSSR count). The molecular weight excluding hydrogens is 446 g/mol. The summed E-state index contributed by atoms with van der Waals surface area (Å²) in [6.07, 6.45) is 5.19. The van der Waals surface area contributed by atoms with E-state index in [1.807, 2.05) is 30.5 Å². The summed E-state index contributed by atoms with van der Waals surface area (Å²) < 4.78 is 18.0. The second-order valence-corrected chi connectivity index (χ2v) is 7.73. The highest BCUT2D eigenvalue weighted by Crippen LogP contribution is 2.28. The fourth-order valence-corrected chi connectivity index (χ4v) is 3.81. The van der Waals surface area contributed by atoms with E-state index in [1.54, 1.807) is 36.4 Å². The summed E-state index contributed by atoms with van der Waals surface area (Å²) in [5, 5.41) is 6.55. The van der Waals surface area contributed by atoms with Crippen molar-refractivity contribution in [2.24, 2.45) is 0 Å². The van der Waals surface area contributed by atoms with Gasteiger partial charge in [-0.3, -0.25) is 9.59 Å². The maximum atomic E-state index is 13.2. The Balaban J connectivity index is 1.68. The van der Waals surface area contributed by atoms with Gasteiger partial charge in [0.15, 0.2) is 11.5 Å². The number of carbonyl (C=O) groups is 2. The lowest BCUT2D eigenvalue weighted by atomic mass is 10.1. The molecule has 180 valence electrons. The van der Waals surface area contributed by atoms with E-state index in [2.05, 4.69) is 22.1 Å². The first-order valence-corrected chi connectivity index (χ1v) is 11.2. The molecule has 8 heteroatoms. The number of furan rings is 1. The first-order chi connectivity index (χ1) is 17.0. The van der Waals surface area contributed by atoms with E-state index >= 15 is 0 Å². The summed E-state index contributed by atoms with van der Waals surface area (Å²) in [4.78, 5) is 26.3. The number of fused-ring (bicyclic) bond motifs is 1. The predicted molar refractivity (Wildman–Crippen MR) is 133 cm³/mol. The molecule has 0 bridgehead atoms. The molecule has 8 nitrogen and oxygen atoms in total. The summed E-state index contributed by atoms with van der Waals surface area (Å²) in [6.45, 7) is 3.01. The molecule has 2 aromatic carbocycles. The molecule has 0 radical (unpaired) electrons. The van der Waals surface area contributed by atoms with Crippen LogP contribution in [-0.2, 0) is 17.9 Å². The van der Waals surface area contributed by atoms with E-state index in [1.165, 1.54) is 20.5 Å². The Morgan fingerprint density at radius 2 is 1.83 bits per heavy atom. The number of methoxy groups -OCH3 is 2. The van der Waals surface area contributed by atoms with Crippen molar-refractivity contribution >= 4 is 28.8 Å². The third-order valence-corrected chi connectivity index (χ3v) is 5.60. The van der Waals surface area contributed by atoms with Crippen molar-refractivity contribution in [3.05, 3.63) is 89.6 Å². The number of hydrogen-bond donors (Lipinski definition) is 2. The second-order valence-electron chi connectivity index (χ2n) is 7.73. The van der Waals surface area contributed by atoms with E-state index in [0.29, 0.717) is 22.8 Å². The maximum absolute atomic E-state index is 13.2. The van der Waals surface area contributed by atoms with Gasteiger partial charge in [0.05, 0.1) is 27.0 Å². The van der Waals surface area contributed by atoms with E-state index in [0.717, 1.165) is 23.0 Å². The monoisotopic (exact) mass is 473 g/mol. The summed E-state index contributed by atoms with van der Waals surface area (Å²) in [7, 11) is 3.02. The fraction of sp³-hybridized carbons (Fsp3) is 0.185. The lowest BCUT2D eigenvalue weighted by molar-refractivity contribution is -0.118. The molecule has 0 aliphatic carbocycles. The van der Waals surface area contributed by atoms with Crippen LogP contribution in [0.5, 0.6) is 11.5 Å². The van der Waals surface area contributed by atoms with Gasteiger partial charge in [-0.25, -0.2) is 0 Å². The number of nitrogens with one attached hydrogen (secondary N) is 2. The van der Waals surface area contributed by atoms with Crippen LogP contribution in [-0.4, -0.2) is 30.6 Å². The summed E-state index contributed by atoms with van der Waals surface area (Å²) >= 11 is 0. The Labute approximate surface area is 203 Å². The van der Waals surface area contributed by atoms with Crippen LogP contribution in [0, 0.1) is 0 Å². The van der Waals surface area contributed by atoms with Gasteiger partial charge in [0, 0.05) is 34.8 Å². The molecule has 0 spiro atoms. The van der Waals surface area contributed by atoms with Gasteiger partial charge in [-0.1, -0.05) is 18.2 Å². The molecule has 2 amide bonds. The van der Waals surface area contributed by atoms with Gasteiger partial charge in [-0.15, -0.1) is 0 Å². The predicted octanol–water partition coefficient (Wildman–Crippen LogP) is 4.36. The lowest BCUT2D eigenvalue weighted by Crippen LogP contribution is -2.34. The van der Waals surface area contributed by atoms with Crippen molar-refractivity contribution in [3.8, 4) is 11.5 Å². The van der Waals surface area contributed by atoms with Crippen LogP contribution in [0.25, 0.3) is 17.0 Å². The van der Waals surface area contributed by atoms with Gasteiger partial charge in [0.2, 0.25) is 0 Å². The van der Waals surface area contributed by atoms with Crippen molar-refractivity contribution in [1.82, 2.24) is 15.2 Å². The molecule has 0 aliphatic rings. The van der Waals surface area contributed by atoms with Crippen LogP contribution >= 0.6 is 0 Å². The van der Waals surface area contributed by atoms with E-state index in [9.17, 15) is 9.59 Å². The molecule has 35 heavy (non-hydrogen) atoms. The second kappa shape index (κ2) is 10.6. The average Bonchev–Trinajstić information content (AvgIpc) is 3.54. The smallest absolute Gasteiger partial charge is 0.268 e. The normalized spacial score (nSPS) is 11.3. The third-order valence-electron chi connectivity index (χ3n) is 5.60. The summed E-state index contributed by atoms with van der Waals surface area (Å²) in [6, 6.07) is 16.3. The summed E-state index contributed by atoms with van der Waals surface area (Å²) in [5.74, 6) is 0.627. The minimum absolute atomic E-state index is 0.107. The number of para-hydroxylation sites is 1. The first-order valence-electron chi connectivity index (χ1n) is 11.2. The Morgan fingerprint density at radius 3 is 2.54 bits per heavy atom. The molecule has 2 heterocycles. The Morgan fingerprint density at radius 1 is 1.03 bits per heavy atom. The Kier molecular flexibility index (Phi) is 7.21. The third kappa shape index (κ3) is 5.22. The van der Waals surface area contributed by atoms with Gasteiger partial charge < -0.3 is 29.1 Å². The molecule has 4 aromatic rings. The molecule has 0 atom stereocenters. The Hall–Kier alpha value is -4.46. The highest BCUT2D eigenvalue weighted by molar-refractivity contribution is 6.06. The summed E-state index contributed by atoms with van der Waals surface area (Å²) in [5.41, 5.74) is 2.29. The zero-order valence-electron chi connectivity index (χ0n) is 19.8. The van der Waals surface area contributed by atoms with Crippen molar-refractivity contribution in [2.75, 3.05) is 14.2 Å². The van der Waals surface area contributed by atoms with Gasteiger partial charge in [-0.2, -0.15) is 0 Å². The molecule has 2 N–H and O–H groups in total. The number of carbonyl (C=O) groups excluding carboxylic acids is 2. The minimum atomic E-state index is -0.454. The number of aryl methyl sites for hydroxylation is 1. The van der Waals surface area contributed by atoms with Gasteiger partial charge >= 0.3 is 0 Å². The number of benzene rings is 2. The van der Waals surface area contributed by atoms with Crippen LogP contribution < -0.4 is 20.1 Å². The van der Waals surface area contributed by atoms with Gasteiger partial charge in [0.25, 0.3) is 11.8 Å².